The normalized spacial score (nSPS) is 21.1. The fraction of sp³-hybridized carbons (Fsp3) is 0.412. The minimum absolute atomic E-state index is 0.0879. The zero-order chi connectivity index (χ0) is 16.6. The number of aromatic nitrogens is 1. The lowest BCUT2D eigenvalue weighted by molar-refractivity contribution is 0.0699. The predicted octanol–water partition coefficient (Wildman–Crippen LogP) is 3.18. The van der Waals surface area contributed by atoms with Crippen molar-refractivity contribution in [2.24, 2.45) is 5.92 Å². The standard InChI is InChI=1S/C17H19ClN2O3/c1-2-14-10(9-21)7-8-20(14)15-6-3-11-13(19-15)5-4-12(18)16(11)17(22)23/h3-6,10,14,21H,2,7-9H2,1H3,(H,22,23). The molecule has 1 aromatic carbocycles. The van der Waals surface area contributed by atoms with E-state index in [2.05, 4.69) is 16.8 Å². The van der Waals surface area contributed by atoms with E-state index in [9.17, 15) is 15.0 Å². The first-order valence-corrected chi connectivity index (χ1v) is 8.14. The Balaban J connectivity index is 2.05. The molecule has 0 spiro atoms. The molecule has 0 saturated carbocycles. The number of pyridine rings is 1. The number of carboxylic acids is 1. The number of hydrogen-bond acceptors (Lipinski definition) is 4. The van der Waals surface area contributed by atoms with Crippen LogP contribution in [-0.4, -0.2) is 40.4 Å². The Morgan fingerprint density at radius 2 is 2.17 bits per heavy atom. The van der Waals surface area contributed by atoms with Gasteiger partial charge in [-0.3, -0.25) is 0 Å². The number of carboxylic acid groups (broad SMARTS) is 1. The van der Waals surface area contributed by atoms with Gasteiger partial charge in [0.25, 0.3) is 0 Å². The molecule has 1 aromatic heterocycles. The Hall–Kier alpha value is -1.85. The molecule has 5 nitrogen and oxygen atoms in total. The highest BCUT2D eigenvalue weighted by Gasteiger charge is 2.33. The molecule has 2 N–H and O–H groups in total. The third kappa shape index (κ3) is 2.75. The van der Waals surface area contributed by atoms with Gasteiger partial charge in [-0.25, -0.2) is 9.78 Å². The van der Waals surface area contributed by atoms with Gasteiger partial charge in [0.05, 0.1) is 16.1 Å². The van der Waals surface area contributed by atoms with E-state index < -0.39 is 5.97 Å². The molecule has 1 aliphatic heterocycles. The molecule has 0 aliphatic carbocycles. The van der Waals surface area contributed by atoms with Gasteiger partial charge < -0.3 is 15.1 Å². The van der Waals surface area contributed by atoms with Crippen LogP contribution in [0.1, 0.15) is 30.1 Å². The number of hydrogen-bond donors (Lipinski definition) is 2. The number of rotatable bonds is 4. The van der Waals surface area contributed by atoms with Crippen molar-refractivity contribution >= 4 is 34.3 Å². The SMILES string of the molecule is CCC1C(CO)CCN1c1ccc2c(C(=O)O)c(Cl)ccc2n1. The van der Waals surface area contributed by atoms with Gasteiger partial charge >= 0.3 is 5.97 Å². The fourth-order valence-electron chi connectivity index (χ4n) is 3.51. The van der Waals surface area contributed by atoms with Gasteiger partial charge in [-0.15, -0.1) is 0 Å². The molecule has 0 bridgehead atoms. The second kappa shape index (κ2) is 6.34. The molecule has 122 valence electrons. The summed E-state index contributed by atoms with van der Waals surface area (Å²) >= 11 is 6.00. The molecular weight excluding hydrogens is 316 g/mol. The van der Waals surface area contributed by atoms with Crippen molar-refractivity contribution in [3.05, 3.63) is 34.9 Å². The summed E-state index contributed by atoms with van der Waals surface area (Å²) in [4.78, 5) is 18.2. The first kappa shape index (κ1) is 16.0. The van der Waals surface area contributed by atoms with Crippen LogP contribution in [-0.2, 0) is 0 Å². The average Bonchev–Trinajstić information content (AvgIpc) is 2.96. The van der Waals surface area contributed by atoms with Gasteiger partial charge in [-0.1, -0.05) is 18.5 Å². The van der Waals surface area contributed by atoms with Gasteiger partial charge in [0.1, 0.15) is 5.82 Å². The molecule has 2 unspecified atom stereocenters. The van der Waals surface area contributed by atoms with Crippen LogP contribution in [0.25, 0.3) is 10.9 Å². The number of fused-ring (bicyclic) bond motifs is 1. The van der Waals surface area contributed by atoms with Crippen LogP contribution in [0.2, 0.25) is 5.02 Å². The van der Waals surface area contributed by atoms with Crippen molar-refractivity contribution in [2.75, 3.05) is 18.1 Å². The lowest BCUT2D eigenvalue weighted by atomic mass is 9.99. The lowest BCUT2D eigenvalue weighted by Crippen LogP contribution is -2.33. The van der Waals surface area contributed by atoms with Crippen molar-refractivity contribution in [3.8, 4) is 0 Å². The Kier molecular flexibility index (Phi) is 4.41. The summed E-state index contributed by atoms with van der Waals surface area (Å²) in [5.41, 5.74) is 0.705. The van der Waals surface area contributed by atoms with E-state index in [1.54, 1.807) is 18.2 Å². The number of benzene rings is 1. The Morgan fingerprint density at radius 1 is 1.39 bits per heavy atom. The average molecular weight is 335 g/mol. The maximum absolute atomic E-state index is 11.4. The van der Waals surface area contributed by atoms with Crippen molar-refractivity contribution in [1.82, 2.24) is 4.98 Å². The Labute approximate surface area is 139 Å². The van der Waals surface area contributed by atoms with E-state index in [1.807, 2.05) is 6.07 Å². The number of anilines is 1. The molecule has 1 aliphatic rings. The van der Waals surface area contributed by atoms with E-state index in [0.29, 0.717) is 10.9 Å². The van der Waals surface area contributed by atoms with Crippen LogP contribution >= 0.6 is 11.6 Å². The third-order valence-corrected chi connectivity index (χ3v) is 4.97. The predicted molar refractivity (Wildman–Crippen MR) is 90.3 cm³/mol. The highest BCUT2D eigenvalue weighted by Crippen LogP contribution is 2.33. The van der Waals surface area contributed by atoms with Crippen LogP contribution in [0.4, 0.5) is 5.82 Å². The minimum Gasteiger partial charge on any atom is -0.478 e. The molecule has 0 radical (unpaired) electrons. The van der Waals surface area contributed by atoms with Gasteiger partial charge in [0.15, 0.2) is 0 Å². The van der Waals surface area contributed by atoms with Crippen molar-refractivity contribution in [1.29, 1.82) is 0 Å². The molecule has 1 saturated heterocycles. The smallest absolute Gasteiger partial charge is 0.337 e. The molecule has 2 atom stereocenters. The Bertz CT molecular complexity index is 750. The third-order valence-electron chi connectivity index (χ3n) is 4.65. The van der Waals surface area contributed by atoms with E-state index in [-0.39, 0.29) is 29.2 Å². The second-order valence-electron chi connectivity index (χ2n) is 5.86. The van der Waals surface area contributed by atoms with E-state index in [4.69, 9.17) is 11.6 Å². The fourth-order valence-corrected chi connectivity index (χ4v) is 3.76. The van der Waals surface area contributed by atoms with Gasteiger partial charge in [-0.05, 0) is 37.1 Å². The number of aromatic carboxylic acids is 1. The van der Waals surface area contributed by atoms with E-state index in [0.717, 1.165) is 25.2 Å². The number of aliphatic hydroxyl groups is 1. The van der Waals surface area contributed by atoms with E-state index >= 15 is 0 Å². The first-order chi connectivity index (χ1) is 11.1. The van der Waals surface area contributed by atoms with Crippen LogP contribution < -0.4 is 4.90 Å². The summed E-state index contributed by atoms with van der Waals surface area (Å²) in [5.74, 6) is 0.0272. The van der Waals surface area contributed by atoms with E-state index in [1.165, 1.54) is 0 Å². The molecular formula is C17H19ClN2O3. The molecule has 0 amide bonds. The maximum atomic E-state index is 11.4. The molecule has 3 rings (SSSR count). The second-order valence-corrected chi connectivity index (χ2v) is 6.27. The number of halogens is 1. The summed E-state index contributed by atoms with van der Waals surface area (Å²) in [6.45, 7) is 3.14. The highest BCUT2D eigenvalue weighted by molar-refractivity contribution is 6.35. The monoisotopic (exact) mass is 334 g/mol. The number of carbonyl (C=O) groups is 1. The summed E-state index contributed by atoms with van der Waals surface area (Å²) in [5, 5.41) is 19.6. The quantitative estimate of drug-likeness (QED) is 0.898. The van der Waals surface area contributed by atoms with Gasteiger partial charge in [0.2, 0.25) is 0 Å². The van der Waals surface area contributed by atoms with Crippen LogP contribution in [0.15, 0.2) is 24.3 Å². The van der Waals surface area contributed by atoms with Crippen molar-refractivity contribution < 1.29 is 15.0 Å². The van der Waals surface area contributed by atoms with Gasteiger partial charge in [-0.2, -0.15) is 0 Å². The van der Waals surface area contributed by atoms with Crippen molar-refractivity contribution in [3.63, 3.8) is 0 Å². The Morgan fingerprint density at radius 3 is 2.83 bits per heavy atom. The van der Waals surface area contributed by atoms with Gasteiger partial charge in [0, 0.05) is 30.5 Å². The first-order valence-electron chi connectivity index (χ1n) is 7.76. The molecule has 6 heteroatoms. The van der Waals surface area contributed by atoms with Crippen molar-refractivity contribution in [2.45, 2.75) is 25.8 Å². The molecule has 23 heavy (non-hydrogen) atoms. The van der Waals surface area contributed by atoms with Crippen LogP contribution in [0, 0.1) is 5.92 Å². The largest absolute Gasteiger partial charge is 0.478 e. The summed E-state index contributed by atoms with van der Waals surface area (Å²) in [7, 11) is 0. The lowest BCUT2D eigenvalue weighted by Gasteiger charge is -2.27. The topological polar surface area (TPSA) is 73.7 Å². The zero-order valence-corrected chi connectivity index (χ0v) is 13.6. The van der Waals surface area contributed by atoms with Crippen LogP contribution in [0.3, 0.4) is 0 Å². The number of aliphatic hydroxyl groups excluding tert-OH is 1. The van der Waals surface area contributed by atoms with Crippen LogP contribution in [0.5, 0.6) is 0 Å². The zero-order valence-electron chi connectivity index (χ0n) is 12.9. The molecule has 2 heterocycles. The minimum atomic E-state index is -1.05. The summed E-state index contributed by atoms with van der Waals surface area (Å²) < 4.78 is 0. The highest BCUT2D eigenvalue weighted by atomic mass is 35.5. The molecule has 2 aromatic rings. The maximum Gasteiger partial charge on any atom is 0.337 e. The molecule has 1 fully saturated rings. The number of nitrogens with zero attached hydrogens (tertiary/aromatic N) is 2. The summed E-state index contributed by atoms with van der Waals surface area (Å²) in [6, 6.07) is 7.19. The summed E-state index contributed by atoms with van der Waals surface area (Å²) in [6.07, 6.45) is 1.88.